The Labute approximate surface area is 210 Å². The van der Waals surface area contributed by atoms with E-state index in [4.69, 9.17) is 5.11 Å². The van der Waals surface area contributed by atoms with Crippen molar-refractivity contribution in [2.75, 3.05) is 13.2 Å². The highest BCUT2D eigenvalue weighted by Crippen LogP contribution is 2.27. The van der Waals surface area contributed by atoms with Crippen LogP contribution >= 0.6 is 0 Å². The number of halogens is 3. The molecule has 2 aromatic carbocycles. The Morgan fingerprint density at radius 1 is 1.08 bits per heavy atom. The van der Waals surface area contributed by atoms with Crippen molar-refractivity contribution in [1.82, 2.24) is 10.3 Å². The molecule has 0 spiro atoms. The topological polar surface area (TPSA) is 85.3 Å². The highest BCUT2D eigenvalue weighted by molar-refractivity contribution is 5.86. The van der Waals surface area contributed by atoms with Gasteiger partial charge in [0.2, 0.25) is 5.91 Å². The number of aromatic nitrogens is 1. The number of nitrogens with one attached hydrogen (secondary N) is 2. The number of carbonyl (C=O) groups is 1. The number of fused-ring (bicyclic) bond motifs is 1. The third-order valence-electron chi connectivity index (χ3n) is 6.33. The summed E-state index contributed by atoms with van der Waals surface area (Å²) < 4.78 is 39.4. The van der Waals surface area contributed by atoms with Crippen LogP contribution in [0, 0.1) is 23.4 Å². The molecule has 4 N–H and O–H groups in total. The van der Waals surface area contributed by atoms with E-state index in [0.717, 1.165) is 25.3 Å². The molecule has 1 amide bonds. The number of hydrogen-bond acceptors (Lipinski definition) is 3. The molecule has 1 atom stereocenters. The van der Waals surface area contributed by atoms with E-state index < -0.39 is 17.2 Å². The predicted octanol–water partition coefficient (Wildman–Crippen LogP) is 6.09. The molecule has 198 valence electrons. The van der Waals surface area contributed by atoms with Gasteiger partial charge in [-0.3, -0.25) is 4.79 Å². The Morgan fingerprint density at radius 3 is 2.31 bits per heavy atom. The minimum atomic E-state index is -0.859. The SMILES string of the molecule is CC.CCC(O)(CCCO)CNC(=O)C1CCC1.Fc1ccc(-c2cc3cc(F)cc(F)c3[nH]2)cc1. The molecule has 1 unspecified atom stereocenters. The molecule has 1 saturated carbocycles. The molecule has 5 nitrogen and oxygen atoms in total. The average molecular weight is 507 g/mol. The van der Waals surface area contributed by atoms with Gasteiger partial charge in [0.25, 0.3) is 0 Å². The summed E-state index contributed by atoms with van der Waals surface area (Å²) in [7, 11) is 0. The van der Waals surface area contributed by atoms with Crippen molar-refractivity contribution in [1.29, 1.82) is 0 Å². The second-order valence-electron chi connectivity index (χ2n) is 8.79. The van der Waals surface area contributed by atoms with E-state index in [2.05, 4.69) is 10.3 Å². The Balaban J connectivity index is 0.000000239. The van der Waals surface area contributed by atoms with Gasteiger partial charge < -0.3 is 20.5 Å². The Hall–Kier alpha value is -2.84. The van der Waals surface area contributed by atoms with Crippen LogP contribution in [0.4, 0.5) is 13.2 Å². The summed E-state index contributed by atoms with van der Waals surface area (Å²) in [5.41, 5.74) is 0.722. The normalized spacial score (nSPS) is 14.6. The van der Waals surface area contributed by atoms with Gasteiger partial charge >= 0.3 is 0 Å². The second kappa shape index (κ2) is 14.0. The number of hydrogen-bond donors (Lipinski definition) is 4. The summed E-state index contributed by atoms with van der Waals surface area (Å²) in [6.07, 6.45) is 4.80. The van der Waals surface area contributed by atoms with Crippen LogP contribution < -0.4 is 5.32 Å². The van der Waals surface area contributed by atoms with E-state index >= 15 is 0 Å². The Kier molecular flexibility index (Phi) is 11.5. The maximum absolute atomic E-state index is 13.5. The molecule has 8 heteroatoms. The van der Waals surface area contributed by atoms with Gasteiger partial charge in [-0.1, -0.05) is 27.2 Å². The summed E-state index contributed by atoms with van der Waals surface area (Å²) in [5, 5.41) is 22.2. The number of aliphatic hydroxyl groups excluding tert-OH is 1. The van der Waals surface area contributed by atoms with E-state index in [1.54, 1.807) is 18.2 Å². The summed E-state index contributed by atoms with van der Waals surface area (Å²) in [5.74, 6) is -1.36. The molecule has 1 aromatic heterocycles. The molecular weight excluding hydrogens is 469 g/mol. The lowest BCUT2D eigenvalue weighted by atomic mass is 9.84. The van der Waals surface area contributed by atoms with E-state index in [-0.39, 0.29) is 29.8 Å². The van der Waals surface area contributed by atoms with Crippen molar-refractivity contribution in [2.45, 2.75) is 64.9 Å². The minimum Gasteiger partial charge on any atom is -0.396 e. The zero-order valence-corrected chi connectivity index (χ0v) is 21.2. The molecule has 1 fully saturated rings. The first-order valence-electron chi connectivity index (χ1n) is 12.6. The van der Waals surface area contributed by atoms with Crippen molar-refractivity contribution in [3.05, 3.63) is 59.9 Å². The fourth-order valence-corrected chi connectivity index (χ4v) is 3.82. The van der Waals surface area contributed by atoms with Crippen molar-refractivity contribution >= 4 is 16.8 Å². The van der Waals surface area contributed by atoms with Gasteiger partial charge in [0.05, 0.1) is 11.1 Å². The van der Waals surface area contributed by atoms with Gasteiger partial charge in [0, 0.05) is 36.2 Å². The molecule has 0 saturated heterocycles. The summed E-state index contributed by atoms with van der Waals surface area (Å²) >= 11 is 0. The first-order valence-corrected chi connectivity index (χ1v) is 12.6. The largest absolute Gasteiger partial charge is 0.396 e. The summed E-state index contributed by atoms with van der Waals surface area (Å²) in [6, 6.07) is 9.50. The lowest BCUT2D eigenvalue weighted by Gasteiger charge is -2.30. The number of amides is 1. The summed E-state index contributed by atoms with van der Waals surface area (Å²) in [4.78, 5) is 14.5. The van der Waals surface area contributed by atoms with Gasteiger partial charge in [-0.25, -0.2) is 13.2 Å². The molecule has 36 heavy (non-hydrogen) atoms. The second-order valence-corrected chi connectivity index (χ2v) is 8.79. The van der Waals surface area contributed by atoms with Gasteiger partial charge in [-0.2, -0.15) is 0 Å². The van der Waals surface area contributed by atoms with Gasteiger partial charge in [-0.05, 0) is 74.1 Å². The van der Waals surface area contributed by atoms with Crippen LogP contribution in [0.15, 0.2) is 42.5 Å². The summed E-state index contributed by atoms with van der Waals surface area (Å²) in [6.45, 7) is 6.28. The highest BCUT2D eigenvalue weighted by Gasteiger charge is 2.29. The van der Waals surface area contributed by atoms with Gasteiger partial charge in [-0.15, -0.1) is 0 Å². The maximum Gasteiger partial charge on any atom is 0.223 e. The van der Waals surface area contributed by atoms with Crippen LogP contribution in [-0.4, -0.2) is 39.9 Å². The molecule has 4 rings (SSSR count). The number of aliphatic hydroxyl groups is 2. The molecule has 0 bridgehead atoms. The fraction of sp³-hybridized carbons (Fsp3) is 0.464. The average Bonchev–Trinajstić information content (AvgIpc) is 3.27. The van der Waals surface area contributed by atoms with E-state index in [1.807, 2.05) is 20.8 Å². The molecular formula is C28H37F3N2O3. The predicted molar refractivity (Wildman–Crippen MR) is 137 cm³/mol. The number of aromatic amines is 1. The van der Waals surface area contributed by atoms with Gasteiger partial charge in [0.15, 0.2) is 0 Å². The van der Waals surface area contributed by atoms with E-state index in [9.17, 15) is 23.1 Å². The van der Waals surface area contributed by atoms with Crippen molar-refractivity contribution < 1.29 is 28.2 Å². The van der Waals surface area contributed by atoms with E-state index in [1.165, 1.54) is 18.2 Å². The lowest BCUT2D eigenvalue weighted by molar-refractivity contribution is -0.128. The van der Waals surface area contributed by atoms with Crippen molar-refractivity contribution in [3.8, 4) is 11.3 Å². The van der Waals surface area contributed by atoms with Crippen LogP contribution in [-0.2, 0) is 4.79 Å². The molecule has 1 heterocycles. The quantitative estimate of drug-likeness (QED) is 0.298. The fourth-order valence-electron chi connectivity index (χ4n) is 3.82. The number of benzene rings is 2. The molecule has 3 aromatic rings. The zero-order chi connectivity index (χ0) is 26.7. The van der Waals surface area contributed by atoms with Crippen molar-refractivity contribution in [2.24, 2.45) is 5.92 Å². The molecule has 0 radical (unpaired) electrons. The highest BCUT2D eigenvalue weighted by atomic mass is 19.1. The van der Waals surface area contributed by atoms with Gasteiger partial charge in [0.1, 0.15) is 17.5 Å². The molecule has 0 aliphatic heterocycles. The smallest absolute Gasteiger partial charge is 0.223 e. The number of rotatable bonds is 8. The first-order chi connectivity index (χ1) is 17.2. The van der Waals surface area contributed by atoms with E-state index in [0.29, 0.717) is 42.5 Å². The first kappa shape index (κ1) is 29.4. The van der Waals surface area contributed by atoms with Crippen LogP contribution in [0.25, 0.3) is 22.2 Å². The standard InChI is InChI=1S/C14H8F3N.C12H23NO3.C2H6/c15-10-3-1-8(2-4-10)13-6-9-5-11(16)7-12(17)14(9)18-13;1-2-12(16,7-4-8-14)9-13-11(15)10-5-3-6-10;1-2/h1-7,18H;10,14,16H,2-9H2,1H3,(H,13,15);1-2H3. The van der Waals surface area contributed by atoms with Crippen LogP contribution in [0.1, 0.15) is 59.3 Å². The third-order valence-corrected chi connectivity index (χ3v) is 6.33. The minimum absolute atomic E-state index is 0.0714. The number of H-pyrrole nitrogens is 1. The van der Waals surface area contributed by atoms with Crippen LogP contribution in [0.3, 0.4) is 0 Å². The van der Waals surface area contributed by atoms with Crippen LogP contribution in [0.5, 0.6) is 0 Å². The monoisotopic (exact) mass is 506 g/mol. The molecule has 1 aliphatic rings. The molecule has 1 aliphatic carbocycles. The van der Waals surface area contributed by atoms with Crippen LogP contribution in [0.2, 0.25) is 0 Å². The zero-order valence-electron chi connectivity index (χ0n) is 21.2. The van der Waals surface area contributed by atoms with Crippen molar-refractivity contribution in [3.63, 3.8) is 0 Å². The number of carbonyl (C=O) groups excluding carboxylic acids is 1. The Bertz CT molecular complexity index is 1100. The lowest BCUT2D eigenvalue weighted by Crippen LogP contribution is -2.45. The maximum atomic E-state index is 13.5. The Morgan fingerprint density at radius 2 is 1.75 bits per heavy atom. The third kappa shape index (κ3) is 8.10.